The molecule has 2 aromatic carbocycles. The van der Waals surface area contributed by atoms with Crippen LogP contribution in [0.3, 0.4) is 0 Å². The number of para-hydroxylation sites is 1. The Hall–Kier alpha value is -3.07. The van der Waals surface area contributed by atoms with E-state index in [0.717, 1.165) is 28.5 Å². The number of hydrogen-bond acceptors (Lipinski definition) is 5. The molecule has 0 saturated heterocycles. The molecule has 1 amide bonds. The third-order valence-corrected chi connectivity index (χ3v) is 9.61. The second-order valence-electron chi connectivity index (χ2n) is 9.97. The number of nitrogens with zero attached hydrogens (tertiary/aromatic N) is 3. The van der Waals surface area contributed by atoms with Gasteiger partial charge in [-0.3, -0.25) is 9.78 Å². The smallest absolute Gasteiger partial charge is 0.245 e. The molecule has 4 aromatic rings. The predicted octanol–water partition coefficient (Wildman–Crippen LogP) is 5.43. The maximum atomic E-state index is 14.0. The van der Waals surface area contributed by atoms with Gasteiger partial charge < -0.3 is 4.90 Å². The molecule has 0 bridgehead atoms. The van der Waals surface area contributed by atoms with E-state index in [-0.39, 0.29) is 35.9 Å². The topological polar surface area (TPSA) is 70.6 Å². The van der Waals surface area contributed by atoms with Crippen molar-refractivity contribution < 1.29 is 13.2 Å². The van der Waals surface area contributed by atoms with Gasteiger partial charge in [0.1, 0.15) is 4.90 Å². The lowest BCUT2D eigenvalue weighted by Crippen LogP contribution is -2.47. The SMILES string of the molecule is Cc1ccc([C@@H]2c3ccsc3CCN2C(=O)CN(CC(C)C)S(=O)(=O)c2cccc3cccnc23)cc1. The molecule has 5 rings (SSSR count). The Labute approximate surface area is 222 Å². The Kier molecular flexibility index (Phi) is 7.16. The maximum Gasteiger partial charge on any atom is 0.245 e. The molecule has 6 nitrogen and oxygen atoms in total. The summed E-state index contributed by atoms with van der Waals surface area (Å²) in [6, 6.07) is 18.9. The molecule has 0 spiro atoms. The first kappa shape index (κ1) is 25.6. The maximum absolute atomic E-state index is 14.0. The van der Waals surface area contributed by atoms with Crippen LogP contribution in [0.5, 0.6) is 0 Å². The van der Waals surface area contributed by atoms with Crippen molar-refractivity contribution in [3.63, 3.8) is 0 Å². The van der Waals surface area contributed by atoms with Crippen molar-refractivity contribution in [2.75, 3.05) is 19.6 Å². The van der Waals surface area contributed by atoms with Crippen LogP contribution in [0.1, 0.15) is 41.5 Å². The molecule has 0 fully saturated rings. The van der Waals surface area contributed by atoms with E-state index in [1.165, 1.54) is 9.18 Å². The third-order valence-electron chi connectivity index (χ3n) is 6.77. The van der Waals surface area contributed by atoms with Crippen molar-refractivity contribution in [2.24, 2.45) is 5.92 Å². The summed E-state index contributed by atoms with van der Waals surface area (Å²) < 4.78 is 29.3. The first-order valence-corrected chi connectivity index (χ1v) is 14.8. The number of fused-ring (bicyclic) bond motifs is 2. The quantitative estimate of drug-likeness (QED) is 0.318. The first-order chi connectivity index (χ1) is 17.8. The lowest BCUT2D eigenvalue weighted by atomic mass is 9.92. The zero-order valence-corrected chi connectivity index (χ0v) is 22.9. The zero-order chi connectivity index (χ0) is 26.2. The number of aryl methyl sites for hydroxylation is 1. The summed E-state index contributed by atoms with van der Waals surface area (Å²) in [6.07, 6.45) is 2.36. The summed E-state index contributed by atoms with van der Waals surface area (Å²) in [4.78, 5) is 21.5. The molecular weight excluding hydrogens is 502 g/mol. The van der Waals surface area contributed by atoms with E-state index in [1.807, 2.05) is 37.8 Å². The van der Waals surface area contributed by atoms with Gasteiger partial charge in [-0.05, 0) is 54.0 Å². The van der Waals surface area contributed by atoms with Crippen LogP contribution in [0.4, 0.5) is 0 Å². The van der Waals surface area contributed by atoms with Crippen LogP contribution in [0.2, 0.25) is 0 Å². The van der Waals surface area contributed by atoms with Crippen molar-refractivity contribution in [3.8, 4) is 0 Å². The number of pyridine rings is 1. The number of sulfonamides is 1. The fourth-order valence-corrected chi connectivity index (χ4v) is 7.64. The average Bonchev–Trinajstić information content (AvgIpc) is 3.36. The van der Waals surface area contributed by atoms with Crippen LogP contribution in [0.15, 0.2) is 77.1 Å². The van der Waals surface area contributed by atoms with E-state index < -0.39 is 10.0 Å². The Bertz CT molecular complexity index is 1520. The normalized spacial score (nSPS) is 15.9. The van der Waals surface area contributed by atoms with Crippen LogP contribution in [0.25, 0.3) is 10.9 Å². The zero-order valence-electron chi connectivity index (χ0n) is 21.3. The molecule has 0 unspecified atom stereocenters. The van der Waals surface area contributed by atoms with Gasteiger partial charge in [0.05, 0.1) is 18.1 Å². The molecule has 1 atom stereocenters. The highest BCUT2D eigenvalue weighted by atomic mass is 32.2. The molecule has 0 radical (unpaired) electrons. The molecule has 1 aliphatic rings. The Balaban J connectivity index is 1.51. The largest absolute Gasteiger partial charge is 0.330 e. The fraction of sp³-hybridized carbons (Fsp3) is 0.310. The van der Waals surface area contributed by atoms with Gasteiger partial charge in [0, 0.05) is 29.5 Å². The molecule has 0 saturated carbocycles. The monoisotopic (exact) mass is 533 g/mol. The van der Waals surface area contributed by atoms with Gasteiger partial charge in [0.15, 0.2) is 0 Å². The lowest BCUT2D eigenvalue weighted by Gasteiger charge is -2.37. The molecule has 8 heteroatoms. The van der Waals surface area contributed by atoms with Crippen molar-refractivity contribution in [2.45, 2.75) is 38.1 Å². The van der Waals surface area contributed by atoms with Crippen molar-refractivity contribution >= 4 is 38.2 Å². The Morgan fingerprint density at radius 2 is 1.86 bits per heavy atom. The highest BCUT2D eigenvalue weighted by Crippen LogP contribution is 2.38. The van der Waals surface area contributed by atoms with Gasteiger partial charge >= 0.3 is 0 Å². The molecular formula is C29H31N3O3S2. The number of thiophene rings is 1. The van der Waals surface area contributed by atoms with E-state index in [0.29, 0.717) is 12.1 Å². The summed E-state index contributed by atoms with van der Waals surface area (Å²) in [7, 11) is -3.97. The summed E-state index contributed by atoms with van der Waals surface area (Å²) in [5.41, 5.74) is 3.74. The summed E-state index contributed by atoms with van der Waals surface area (Å²) >= 11 is 1.71. The van der Waals surface area contributed by atoms with Crippen LogP contribution in [0, 0.1) is 12.8 Å². The van der Waals surface area contributed by atoms with Crippen molar-refractivity contribution in [1.82, 2.24) is 14.2 Å². The number of carbonyl (C=O) groups is 1. The van der Waals surface area contributed by atoms with E-state index in [9.17, 15) is 13.2 Å². The van der Waals surface area contributed by atoms with Crippen molar-refractivity contribution in [1.29, 1.82) is 0 Å². The summed E-state index contributed by atoms with van der Waals surface area (Å²) in [5.74, 6) is -0.150. The number of benzene rings is 2. The van der Waals surface area contributed by atoms with Crippen LogP contribution >= 0.6 is 11.3 Å². The Morgan fingerprint density at radius 3 is 2.62 bits per heavy atom. The number of carbonyl (C=O) groups excluding carboxylic acids is 1. The highest BCUT2D eigenvalue weighted by Gasteiger charge is 2.36. The molecule has 1 aliphatic heterocycles. The minimum atomic E-state index is -3.97. The number of amides is 1. The van der Waals surface area contributed by atoms with E-state index >= 15 is 0 Å². The molecule has 0 aliphatic carbocycles. The van der Waals surface area contributed by atoms with Gasteiger partial charge in [-0.15, -0.1) is 11.3 Å². The van der Waals surface area contributed by atoms with Crippen LogP contribution in [-0.4, -0.2) is 48.1 Å². The summed E-state index contributed by atoms with van der Waals surface area (Å²) in [5, 5.41) is 2.82. The number of rotatable bonds is 7. The van der Waals surface area contributed by atoms with Gasteiger partial charge in [-0.2, -0.15) is 4.31 Å². The van der Waals surface area contributed by atoms with Gasteiger partial charge in [0.25, 0.3) is 0 Å². The standard InChI is InChI=1S/C29H31N3O3S2/c1-20(2)18-31(37(34,35)26-8-4-6-22-7-5-15-30-28(22)26)19-27(33)32-16-13-25-24(14-17-36-25)29(32)23-11-9-21(3)10-12-23/h4-12,14-15,17,20,29H,13,16,18-19H2,1-3H3/t29-/m1/s1. The van der Waals surface area contributed by atoms with E-state index in [2.05, 4.69) is 40.7 Å². The van der Waals surface area contributed by atoms with E-state index in [4.69, 9.17) is 0 Å². The van der Waals surface area contributed by atoms with E-state index in [1.54, 1.807) is 35.7 Å². The second kappa shape index (κ2) is 10.4. The molecule has 192 valence electrons. The molecule has 2 aromatic heterocycles. The second-order valence-corrected chi connectivity index (χ2v) is 12.9. The number of hydrogen-bond donors (Lipinski definition) is 0. The molecule has 37 heavy (non-hydrogen) atoms. The number of aromatic nitrogens is 1. The fourth-order valence-electron chi connectivity index (χ4n) is 5.01. The van der Waals surface area contributed by atoms with Crippen LogP contribution in [-0.2, 0) is 21.2 Å². The third kappa shape index (κ3) is 5.06. The van der Waals surface area contributed by atoms with Gasteiger partial charge in [-0.1, -0.05) is 61.9 Å². The van der Waals surface area contributed by atoms with Crippen molar-refractivity contribution in [3.05, 3.63) is 93.8 Å². The minimum Gasteiger partial charge on any atom is -0.330 e. The minimum absolute atomic E-state index is 0.0447. The van der Waals surface area contributed by atoms with Gasteiger partial charge in [0.2, 0.25) is 15.9 Å². The average molecular weight is 534 g/mol. The van der Waals surface area contributed by atoms with Gasteiger partial charge in [-0.25, -0.2) is 8.42 Å². The molecule has 0 N–H and O–H groups in total. The van der Waals surface area contributed by atoms with Crippen LogP contribution < -0.4 is 0 Å². The Morgan fingerprint density at radius 1 is 1.11 bits per heavy atom. The molecule has 3 heterocycles. The lowest BCUT2D eigenvalue weighted by molar-refractivity contribution is -0.133. The first-order valence-electron chi connectivity index (χ1n) is 12.5. The summed E-state index contributed by atoms with van der Waals surface area (Å²) in [6.45, 7) is 6.54. The predicted molar refractivity (Wildman–Crippen MR) is 148 cm³/mol. The highest BCUT2D eigenvalue weighted by molar-refractivity contribution is 7.89.